The molecular formula is C18H24ClNO5. The van der Waals surface area contributed by atoms with Gasteiger partial charge in [-0.15, -0.1) is 0 Å². The molecule has 0 spiro atoms. The molecule has 0 bridgehead atoms. The number of hydrogen-bond acceptors (Lipinski definition) is 5. The van der Waals surface area contributed by atoms with E-state index in [2.05, 4.69) is 0 Å². The number of benzene rings is 1. The minimum Gasteiger partial charge on any atom is -0.493 e. The highest BCUT2D eigenvalue weighted by Gasteiger charge is 2.23. The number of esters is 1. The number of rotatable bonds is 6. The molecule has 0 N–H and O–H groups in total. The maximum Gasteiger partial charge on any atom is 0.338 e. The number of nitrogens with zero attached hydrogens (tertiary/aromatic N) is 1. The van der Waals surface area contributed by atoms with Crippen molar-refractivity contribution in [2.45, 2.75) is 38.1 Å². The van der Waals surface area contributed by atoms with Crippen LogP contribution in [0.25, 0.3) is 0 Å². The summed E-state index contributed by atoms with van der Waals surface area (Å²) in [7, 11) is 4.67. The van der Waals surface area contributed by atoms with Crippen molar-refractivity contribution < 1.29 is 23.8 Å². The Morgan fingerprint density at radius 1 is 1.16 bits per heavy atom. The average Bonchev–Trinajstić information content (AvgIpc) is 2.65. The summed E-state index contributed by atoms with van der Waals surface area (Å²) in [4.78, 5) is 26.2. The van der Waals surface area contributed by atoms with Crippen molar-refractivity contribution in [2.24, 2.45) is 0 Å². The van der Waals surface area contributed by atoms with Crippen LogP contribution in [0.2, 0.25) is 5.02 Å². The van der Waals surface area contributed by atoms with Gasteiger partial charge >= 0.3 is 5.97 Å². The van der Waals surface area contributed by atoms with Gasteiger partial charge in [0.1, 0.15) is 0 Å². The van der Waals surface area contributed by atoms with Gasteiger partial charge in [-0.1, -0.05) is 30.9 Å². The zero-order valence-electron chi connectivity index (χ0n) is 14.8. The van der Waals surface area contributed by atoms with Gasteiger partial charge in [-0.25, -0.2) is 4.79 Å². The fraction of sp³-hybridized carbons (Fsp3) is 0.556. The molecule has 1 aliphatic rings. The van der Waals surface area contributed by atoms with E-state index in [1.54, 1.807) is 11.9 Å². The van der Waals surface area contributed by atoms with Crippen LogP contribution >= 0.6 is 11.6 Å². The first-order valence-corrected chi connectivity index (χ1v) is 8.70. The second-order valence-electron chi connectivity index (χ2n) is 6.07. The minimum atomic E-state index is -0.631. The van der Waals surface area contributed by atoms with Crippen LogP contribution in [0.5, 0.6) is 11.5 Å². The normalized spacial score (nSPS) is 14.7. The second kappa shape index (κ2) is 8.94. The number of ether oxygens (including phenoxy) is 3. The summed E-state index contributed by atoms with van der Waals surface area (Å²) in [6.45, 7) is -0.294. The summed E-state index contributed by atoms with van der Waals surface area (Å²) in [6, 6.07) is 3.14. The molecule has 2 rings (SSSR count). The molecule has 0 saturated heterocycles. The van der Waals surface area contributed by atoms with Crippen LogP contribution in [0.15, 0.2) is 12.1 Å². The molecule has 6 nitrogen and oxygen atoms in total. The predicted octanol–water partition coefficient (Wildman–Crippen LogP) is 3.31. The van der Waals surface area contributed by atoms with Gasteiger partial charge in [0.25, 0.3) is 5.91 Å². The largest absolute Gasteiger partial charge is 0.493 e. The number of amides is 1. The van der Waals surface area contributed by atoms with Gasteiger partial charge in [-0.05, 0) is 25.0 Å². The highest BCUT2D eigenvalue weighted by Crippen LogP contribution is 2.36. The molecule has 0 heterocycles. The highest BCUT2D eigenvalue weighted by atomic mass is 35.5. The number of carbonyl (C=O) groups excluding carboxylic acids is 2. The molecule has 0 atom stereocenters. The molecule has 138 valence electrons. The van der Waals surface area contributed by atoms with Crippen LogP contribution in [0.1, 0.15) is 42.5 Å². The topological polar surface area (TPSA) is 65.1 Å². The van der Waals surface area contributed by atoms with Crippen molar-refractivity contribution in [3.63, 3.8) is 0 Å². The first kappa shape index (κ1) is 19.4. The lowest BCUT2D eigenvalue weighted by atomic mass is 9.94. The van der Waals surface area contributed by atoms with Crippen LogP contribution < -0.4 is 9.47 Å². The fourth-order valence-electron chi connectivity index (χ4n) is 3.02. The third kappa shape index (κ3) is 4.78. The van der Waals surface area contributed by atoms with E-state index in [4.69, 9.17) is 25.8 Å². The van der Waals surface area contributed by atoms with Crippen LogP contribution in [0.4, 0.5) is 0 Å². The van der Waals surface area contributed by atoms with Crippen molar-refractivity contribution in [1.82, 2.24) is 4.90 Å². The van der Waals surface area contributed by atoms with E-state index in [1.807, 2.05) is 0 Å². The molecule has 0 aromatic heterocycles. The van der Waals surface area contributed by atoms with Gasteiger partial charge < -0.3 is 19.1 Å². The van der Waals surface area contributed by atoms with Crippen molar-refractivity contribution in [3.05, 3.63) is 22.7 Å². The van der Waals surface area contributed by atoms with E-state index in [1.165, 1.54) is 32.8 Å². The number of hydrogen-bond donors (Lipinski definition) is 0. The molecular weight excluding hydrogens is 346 g/mol. The lowest BCUT2D eigenvalue weighted by Gasteiger charge is -2.31. The van der Waals surface area contributed by atoms with Crippen molar-refractivity contribution >= 4 is 23.5 Å². The molecule has 1 amide bonds. The van der Waals surface area contributed by atoms with Gasteiger partial charge in [0.05, 0.1) is 24.8 Å². The zero-order valence-corrected chi connectivity index (χ0v) is 15.6. The average molecular weight is 370 g/mol. The summed E-state index contributed by atoms with van der Waals surface area (Å²) >= 11 is 6.08. The van der Waals surface area contributed by atoms with E-state index in [0.29, 0.717) is 11.5 Å². The highest BCUT2D eigenvalue weighted by molar-refractivity contribution is 6.32. The summed E-state index contributed by atoms with van der Waals surface area (Å²) in [5.41, 5.74) is 0.204. The number of likely N-dealkylation sites (N-methyl/N-ethyl adjacent to an activating group) is 1. The molecule has 25 heavy (non-hydrogen) atoms. The van der Waals surface area contributed by atoms with Crippen molar-refractivity contribution in [1.29, 1.82) is 0 Å². The summed E-state index contributed by atoms with van der Waals surface area (Å²) < 4.78 is 15.4. The van der Waals surface area contributed by atoms with E-state index in [9.17, 15) is 9.59 Å². The SMILES string of the molecule is COc1cc(C(=O)OCC(=O)N(C)C2CCCCC2)cc(Cl)c1OC. The molecule has 1 fully saturated rings. The second-order valence-corrected chi connectivity index (χ2v) is 6.47. The lowest BCUT2D eigenvalue weighted by Crippen LogP contribution is -2.40. The molecule has 0 aliphatic heterocycles. The molecule has 0 unspecified atom stereocenters. The van der Waals surface area contributed by atoms with E-state index < -0.39 is 5.97 Å². The van der Waals surface area contributed by atoms with E-state index >= 15 is 0 Å². The molecule has 1 aromatic rings. The Balaban J connectivity index is 1.97. The Bertz CT molecular complexity index is 628. The smallest absolute Gasteiger partial charge is 0.338 e. The quantitative estimate of drug-likeness (QED) is 0.720. The Hall–Kier alpha value is -1.95. The molecule has 1 saturated carbocycles. The molecule has 1 aliphatic carbocycles. The lowest BCUT2D eigenvalue weighted by molar-refractivity contribution is -0.135. The van der Waals surface area contributed by atoms with Crippen LogP contribution in [-0.2, 0) is 9.53 Å². The third-order valence-electron chi connectivity index (χ3n) is 4.51. The number of carbonyl (C=O) groups is 2. The summed E-state index contributed by atoms with van der Waals surface area (Å²) in [5.74, 6) is -0.165. The monoisotopic (exact) mass is 369 g/mol. The van der Waals surface area contributed by atoms with E-state index in [-0.39, 0.29) is 29.1 Å². The van der Waals surface area contributed by atoms with Gasteiger partial charge in [-0.2, -0.15) is 0 Å². The Morgan fingerprint density at radius 3 is 2.44 bits per heavy atom. The van der Waals surface area contributed by atoms with E-state index in [0.717, 1.165) is 25.7 Å². The maximum atomic E-state index is 12.2. The molecule has 0 radical (unpaired) electrons. The standard InChI is InChI=1S/C18H24ClNO5/c1-20(13-7-5-4-6-8-13)16(21)11-25-18(22)12-9-14(19)17(24-3)15(10-12)23-2/h9-10,13H,4-8,11H2,1-3H3. The first-order valence-electron chi connectivity index (χ1n) is 8.32. The molecule has 1 aromatic carbocycles. The Kier molecular flexibility index (Phi) is 6.93. The third-order valence-corrected chi connectivity index (χ3v) is 4.79. The fourth-order valence-corrected chi connectivity index (χ4v) is 3.31. The maximum absolute atomic E-state index is 12.2. The van der Waals surface area contributed by atoms with Crippen LogP contribution in [0, 0.1) is 0 Å². The van der Waals surface area contributed by atoms with Crippen LogP contribution in [-0.4, -0.2) is 50.7 Å². The van der Waals surface area contributed by atoms with Crippen LogP contribution in [0.3, 0.4) is 0 Å². The number of methoxy groups -OCH3 is 2. The van der Waals surface area contributed by atoms with Gasteiger partial charge in [0, 0.05) is 13.1 Å². The summed E-state index contributed by atoms with van der Waals surface area (Å²) in [5, 5.41) is 0.236. The minimum absolute atomic E-state index is 0.202. The van der Waals surface area contributed by atoms with Gasteiger partial charge in [0.15, 0.2) is 18.1 Å². The zero-order chi connectivity index (χ0) is 18.4. The van der Waals surface area contributed by atoms with Crippen molar-refractivity contribution in [2.75, 3.05) is 27.9 Å². The predicted molar refractivity (Wildman–Crippen MR) is 94.5 cm³/mol. The molecule has 7 heteroatoms. The first-order chi connectivity index (χ1) is 12.0. The Morgan fingerprint density at radius 2 is 1.84 bits per heavy atom. The summed E-state index contributed by atoms with van der Waals surface area (Å²) in [6.07, 6.45) is 5.48. The van der Waals surface area contributed by atoms with Gasteiger partial charge in [-0.3, -0.25) is 4.79 Å². The van der Waals surface area contributed by atoms with Crippen molar-refractivity contribution in [3.8, 4) is 11.5 Å². The number of halogens is 1. The van der Waals surface area contributed by atoms with Gasteiger partial charge in [0.2, 0.25) is 0 Å². The Labute approximate surface area is 153 Å².